The van der Waals surface area contributed by atoms with Gasteiger partial charge in [-0.15, -0.1) is 22.9 Å². The summed E-state index contributed by atoms with van der Waals surface area (Å²) in [7, 11) is 0. The molecule has 0 radical (unpaired) electrons. The van der Waals surface area contributed by atoms with Gasteiger partial charge in [0.25, 0.3) is 5.91 Å². The Kier molecular flexibility index (Phi) is 5.69. The summed E-state index contributed by atoms with van der Waals surface area (Å²) in [6.45, 7) is 6.51. The Balaban J connectivity index is 1.99. The third-order valence-electron chi connectivity index (χ3n) is 3.34. The van der Waals surface area contributed by atoms with E-state index in [2.05, 4.69) is 20.8 Å². The first kappa shape index (κ1) is 15.3. The molecular formula is C13H18BrClN2OS. The number of rotatable bonds is 3. The molecule has 0 unspecified atom stereocenters. The highest BCUT2D eigenvalue weighted by atomic mass is 79.9. The number of carbonyl (C=O) groups excluding carboxylic acids is 1. The molecule has 0 aliphatic carbocycles. The van der Waals surface area contributed by atoms with E-state index in [0.717, 1.165) is 53.4 Å². The van der Waals surface area contributed by atoms with E-state index >= 15 is 0 Å². The van der Waals surface area contributed by atoms with E-state index in [4.69, 9.17) is 11.6 Å². The minimum Gasteiger partial charge on any atom is -0.337 e. The summed E-state index contributed by atoms with van der Waals surface area (Å²) >= 11 is 10.8. The number of hydrogen-bond donors (Lipinski definition) is 0. The van der Waals surface area contributed by atoms with Crippen LogP contribution in [0.3, 0.4) is 0 Å². The maximum Gasteiger partial charge on any atom is 0.264 e. The highest BCUT2D eigenvalue weighted by Gasteiger charge is 2.21. The topological polar surface area (TPSA) is 23.6 Å². The van der Waals surface area contributed by atoms with Crippen molar-refractivity contribution >= 4 is 44.8 Å². The molecule has 19 heavy (non-hydrogen) atoms. The molecule has 1 aromatic heterocycles. The number of thiophene rings is 1. The van der Waals surface area contributed by atoms with Crippen LogP contribution in [0.25, 0.3) is 0 Å². The third-order valence-corrected chi connectivity index (χ3v) is 5.64. The monoisotopic (exact) mass is 364 g/mol. The van der Waals surface area contributed by atoms with Gasteiger partial charge >= 0.3 is 0 Å². The van der Waals surface area contributed by atoms with Gasteiger partial charge in [-0.3, -0.25) is 4.79 Å². The van der Waals surface area contributed by atoms with Crippen LogP contribution in [-0.4, -0.2) is 54.3 Å². The average Bonchev–Trinajstić information content (AvgIpc) is 2.61. The normalized spacial score (nSPS) is 17.5. The molecule has 1 aliphatic heterocycles. The van der Waals surface area contributed by atoms with Crippen LogP contribution in [0.15, 0.2) is 9.85 Å². The van der Waals surface area contributed by atoms with Crippen LogP contribution in [-0.2, 0) is 0 Å². The second-order valence-electron chi connectivity index (χ2n) is 4.74. The Bertz CT molecular complexity index is 432. The van der Waals surface area contributed by atoms with Gasteiger partial charge in [-0.1, -0.05) is 0 Å². The summed E-state index contributed by atoms with van der Waals surface area (Å²) < 4.78 is 1.05. The molecule has 1 amide bonds. The molecule has 0 atom stereocenters. The first-order chi connectivity index (χ1) is 9.11. The van der Waals surface area contributed by atoms with Crippen LogP contribution < -0.4 is 0 Å². The molecule has 3 nitrogen and oxygen atoms in total. The standard InChI is InChI=1S/C13H18BrClN2OS/c1-10-9-11(19-12(10)14)13(18)17-5-2-4-16(6-3-15)7-8-17/h9H,2-8H2,1H3. The van der Waals surface area contributed by atoms with Crippen molar-refractivity contribution < 1.29 is 4.79 Å². The first-order valence-electron chi connectivity index (χ1n) is 6.45. The molecule has 2 rings (SSSR count). The molecule has 0 N–H and O–H groups in total. The van der Waals surface area contributed by atoms with Crippen molar-refractivity contribution in [1.82, 2.24) is 9.80 Å². The highest BCUT2D eigenvalue weighted by Crippen LogP contribution is 2.28. The maximum absolute atomic E-state index is 12.5. The van der Waals surface area contributed by atoms with Crippen molar-refractivity contribution in [3.8, 4) is 0 Å². The van der Waals surface area contributed by atoms with E-state index in [0.29, 0.717) is 5.88 Å². The van der Waals surface area contributed by atoms with E-state index in [1.807, 2.05) is 17.9 Å². The zero-order valence-corrected chi connectivity index (χ0v) is 14.2. The number of hydrogen-bond acceptors (Lipinski definition) is 3. The van der Waals surface area contributed by atoms with E-state index in [9.17, 15) is 4.79 Å². The molecule has 1 aliphatic rings. The molecule has 106 valence electrons. The zero-order valence-electron chi connectivity index (χ0n) is 11.0. The number of halogens is 2. The van der Waals surface area contributed by atoms with Crippen LogP contribution in [0.2, 0.25) is 0 Å². The molecular weight excluding hydrogens is 348 g/mol. The van der Waals surface area contributed by atoms with Crippen molar-refractivity contribution in [2.45, 2.75) is 13.3 Å². The summed E-state index contributed by atoms with van der Waals surface area (Å²) in [4.78, 5) is 17.6. The van der Waals surface area contributed by atoms with E-state index in [1.165, 1.54) is 11.3 Å². The Hall–Kier alpha value is -0.100. The fourth-order valence-corrected chi connectivity index (χ4v) is 3.98. The zero-order chi connectivity index (χ0) is 13.8. The van der Waals surface area contributed by atoms with Gasteiger partial charge in [-0.05, 0) is 47.4 Å². The molecule has 1 saturated heterocycles. The summed E-state index contributed by atoms with van der Waals surface area (Å²) in [5.74, 6) is 0.817. The Morgan fingerprint density at radius 1 is 1.42 bits per heavy atom. The van der Waals surface area contributed by atoms with Crippen LogP contribution in [0.5, 0.6) is 0 Å². The lowest BCUT2D eigenvalue weighted by Crippen LogP contribution is -2.35. The van der Waals surface area contributed by atoms with Crippen molar-refractivity contribution in [2.24, 2.45) is 0 Å². The molecule has 0 bridgehead atoms. The molecule has 0 saturated carbocycles. The molecule has 0 aromatic carbocycles. The van der Waals surface area contributed by atoms with Gasteiger partial charge in [0.05, 0.1) is 8.66 Å². The lowest BCUT2D eigenvalue weighted by molar-refractivity contribution is 0.0766. The second kappa shape index (κ2) is 7.07. The molecule has 2 heterocycles. The summed E-state index contributed by atoms with van der Waals surface area (Å²) in [5.41, 5.74) is 1.13. The van der Waals surface area contributed by atoms with E-state index < -0.39 is 0 Å². The van der Waals surface area contributed by atoms with Crippen molar-refractivity contribution in [3.63, 3.8) is 0 Å². The maximum atomic E-state index is 12.5. The second-order valence-corrected chi connectivity index (χ2v) is 7.49. The number of aryl methyl sites for hydroxylation is 1. The number of nitrogens with zero attached hydrogens (tertiary/aromatic N) is 2. The van der Waals surface area contributed by atoms with Gasteiger partial charge in [-0.25, -0.2) is 0 Å². The third kappa shape index (κ3) is 3.94. The molecule has 6 heteroatoms. The van der Waals surface area contributed by atoms with Crippen LogP contribution in [0.1, 0.15) is 21.7 Å². The van der Waals surface area contributed by atoms with Gasteiger partial charge in [0, 0.05) is 32.1 Å². The fraction of sp³-hybridized carbons (Fsp3) is 0.615. The molecule has 0 spiro atoms. The van der Waals surface area contributed by atoms with Crippen LogP contribution >= 0.6 is 38.9 Å². The van der Waals surface area contributed by atoms with Gasteiger partial charge in [-0.2, -0.15) is 0 Å². The van der Waals surface area contributed by atoms with Gasteiger partial charge < -0.3 is 9.80 Å². The van der Waals surface area contributed by atoms with E-state index in [-0.39, 0.29) is 5.91 Å². The summed E-state index contributed by atoms with van der Waals surface area (Å²) in [6, 6.07) is 1.97. The average molecular weight is 366 g/mol. The van der Waals surface area contributed by atoms with Gasteiger partial charge in [0.15, 0.2) is 0 Å². The van der Waals surface area contributed by atoms with Gasteiger partial charge in [0.1, 0.15) is 0 Å². The lowest BCUT2D eigenvalue weighted by atomic mass is 10.3. The first-order valence-corrected chi connectivity index (χ1v) is 8.59. The van der Waals surface area contributed by atoms with Crippen molar-refractivity contribution in [3.05, 3.63) is 20.3 Å². The lowest BCUT2D eigenvalue weighted by Gasteiger charge is -2.20. The molecule has 1 fully saturated rings. The quantitative estimate of drug-likeness (QED) is 0.768. The Labute approximate surface area is 131 Å². The predicted molar refractivity (Wildman–Crippen MR) is 84.4 cm³/mol. The van der Waals surface area contributed by atoms with Crippen molar-refractivity contribution in [2.75, 3.05) is 38.6 Å². The van der Waals surface area contributed by atoms with E-state index in [1.54, 1.807) is 0 Å². The Morgan fingerprint density at radius 2 is 2.21 bits per heavy atom. The minimum absolute atomic E-state index is 0.159. The van der Waals surface area contributed by atoms with Crippen LogP contribution in [0, 0.1) is 6.92 Å². The number of amides is 1. The largest absolute Gasteiger partial charge is 0.337 e. The number of carbonyl (C=O) groups is 1. The predicted octanol–water partition coefficient (Wildman–Crippen LogP) is 3.21. The highest BCUT2D eigenvalue weighted by molar-refractivity contribution is 9.11. The summed E-state index contributed by atoms with van der Waals surface area (Å²) in [6.07, 6.45) is 1.02. The SMILES string of the molecule is Cc1cc(C(=O)N2CCCN(CCCl)CC2)sc1Br. The summed E-state index contributed by atoms with van der Waals surface area (Å²) in [5, 5.41) is 0. The smallest absolute Gasteiger partial charge is 0.264 e. The molecule has 1 aromatic rings. The minimum atomic E-state index is 0.159. The van der Waals surface area contributed by atoms with Crippen molar-refractivity contribution in [1.29, 1.82) is 0 Å². The number of alkyl halides is 1. The van der Waals surface area contributed by atoms with Gasteiger partial charge in [0.2, 0.25) is 0 Å². The van der Waals surface area contributed by atoms with Crippen LogP contribution in [0.4, 0.5) is 0 Å². The Morgan fingerprint density at radius 3 is 2.84 bits per heavy atom. The fourth-order valence-electron chi connectivity index (χ4n) is 2.24.